The topological polar surface area (TPSA) is 56.0 Å². The molecule has 1 aromatic heterocycles. The van der Waals surface area contributed by atoms with Crippen LogP contribution in [0.4, 0.5) is 4.39 Å². The predicted octanol–water partition coefficient (Wildman–Crippen LogP) is 2.88. The predicted molar refractivity (Wildman–Crippen MR) is 65.1 cm³/mol. The molecule has 0 fully saturated rings. The fourth-order valence-corrected chi connectivity index (χ4v) is 2.09. The maximum absolute atomic E-state index is 12.7. The largest absolute Gasteiger partial charge is 0.416 e. The van der Waals surface area contributed by atoms with Crippen molar-refractivity contribution in [2.24, 2.45) is 0 Å². The molecule has 18 heavy (non-hydrogen) atoms. The number of rotatable bonds is 5. The number of Topliss-reactive ketones (excluding diaryl/α,β-unsaturated/α-hetero) is 1. The molecule has 0 radical (unpaired) electrons. The minimum absolute atomic E-state index is 0.0289. The quantitative estimate of drug-likeness (QED) is 0.615. The molecule has 6 heteroatoms. The van der Waals surface area contributed by atoms with Crippen LogP contribution in [-0.2, 0) is 0 Å². The standard InChI is InChI=1S/C12H11FN2O2S/c1-8-14-15-12(17-8)18-7-6-11(16)9-2-4-10(13)5-3-9/h2-5H,6-7H2,1H3. The molecule has 2 rings (SSSR count). The van der Waals surface area contributed by atoms with E-state index in [0.717, 1.165) is 0 Å². The second-order valence-corrected chi connectivity index (χ2v) is 4.66. The zero-order chi connectivity index (χ0) is 13.0. The molecular weight excluding hydrogens is 255 g/mol. The summed E-state index contributed by atoms with van der Waals surface area (Å²) in [6, 6.07) is 5.53. The van der Waals surface area contributed by atoms with E-state index in [1.165, 1.54) is 36.0 Å². The Kier molecular flexibility index (Phi) is 4.09. The SMILES string of the molecule is Cc1nnc(SCCC(=O)c2ccc(F)cc2)o1. The van der Waals surface area contributed by atoms with Gasteiger partial charge in [0.1, 0.15) is 5.82 Å². The number of aryl methyl sites for hydroxylation is 1. The smallest absolute Gasteiger partial charge is 0.276 e. The molecule has 0 aliphatic heterocycles. The number of halogens is 1. The van der Waals surface area contributed by atoms with Crippen molar-refractivity contribution in [3.8, 4) is 0 Å². The van der Waals surface area contributed by atoms with Crippen LogP contribution in [-0.4, -0.2) is 21.7 Å². The molecule has 0 unspecified atom stereocenters. The van der Waals surface area contributed by atoms with Crippen LogP contribution >= 0.6 is 11.8 Å². The van der Waals surface area contributed by atoms with Gasteiger partial charge in [-0.05, 0) is 24.3 Å². The number of benzene rings is 1. The molecule has 0 N–H and O–H groups in total. The van der Waals surface area contributed by atoms with Gasteiger partial charge in [0.15, 0.2) is 5.78 Å². The van der Waals surface area contributed by atoms with Gasteiger partial charge >= 0.3 is 0 Å². The fraction of sp³-hybridized carbons (Fsp3) is 0.250. The van der Waals surface area contributed by atoms with Crippen LogP contribution in [0.5, 0.6) is 0 Å². The number of aromatic nitrogens is 2. The van der Waals surface area contributed by atoms with Crippen LogP contribution in [0.2, 0.25) is 0 Å². The summed E-state index contributed by atoms with van der Waals surface area (Å²) in [5.74, 6) is 0.682. The van der Waals surface area contributed by atoms with E-state index < -0.39 is 0 Å². The highest BCUT2D eigenvalue weighted by Gasteiger charge is 2.08. The lowest BCUT2D eigenvalue weighted by molar-refractivity contribution is 0.0989. The monoisotopic (exact) mass is 266 g/mol. The third kappa shape index (κ3) is 3.40. The molecule has 0 atom stereocenters. The summed E-state index contributed by atoms with van der Waals surface area (Å²) in [5.41, 5.74) is 0.513. The van der Waals surface area contributed by atoms with Crippen LogP contribution in [0, 0.1) is 12.7 Å². The van der Waals surface area contributed by atoms with Crippen molar-refractivity contribution in [2.45, 2.75) is 18.6 Å². The molecule has 0 bridgehead atoms. The van der Waals surface area contributed by atoms with Crippen molar-refractivity contribution in [1.82, 2.24) is 10.2 Å². The summed E-state index contributed by atoms with van der Waals surface area (Å²) in [5, 5.41) is 7.96. The first-order valence-corrected chi connectivity index (χ1v) is 6.35. The van der Waals surface area contributed by atoms with E-state index in [0.29, 0.717) is 28.9 Å². The molecule has 0 saturated heterocycles. The van der Waals surface area contributed by atoms with E-state index in [4.69, 9.17) is 4.42 Å². The lowest BCUT2D eigenvalue weighted by Gasteiger charge is -1.99. The van der Waals surface area contributed by atoms with E-state index in [1.807, 2.05) is 0 Å². The third-order valence-electron chi connectivity index (χ3n) is 2.23. The summed E-state index contributed by atoms with van der Waals surface area (Å²) < 4.78 is 17.8. The second kappa shape index (κ2) is 5.77. The van der Waals surface area contributed by atoms with Crippen LogP contribution in [0.25, 0.3) is 0 Å². The Morgan fingerprint density at radius 2 is 2.06 bits per heavy atom. The van der Waals surface area contributed by atoms with Crippen molar-refractivity contribution >= 4 is 17.5 Å². The van der Waals surface area contributed by atoms with Crippen molar-refractivity contribution in [3.05, 3.63) is 41.5 Å². The maximum Gasteiger partial charge on any atom is 0.276 e. The number of thioether (sulfide) groups is 1. The van der Waals surface area contributed by atoms with Gasteiger partial charge in [0.25, 0.3) is 5.22 Å². The molecule has 94 valence electrons. The van der Waals surface area contributed by atoms with Gasteiger partial charge in [-0.25, -0.2) is 4.39 Å². The Bertz CT molecular complexity index is 539. The normalized spacial score (nSPS) is 10.6. The average Bonchev–Trinajstić information content (AvgIpc) is 2.76. The van der Waals surface area contributed by atoms with Crippen molar-refractivity contribution < 1.29 is 13.6 Å². The number of carbonyl (C=O) groups excluding carboxylic acids is 1. The summed E-state index contributed by atoms with van der Waals surface area (Å²) in [4.78, 5) is 11.7. The maximum atomic E-state index is 12.7. The Hall–Kier alpha value is -1.69. The first-order chi connectivity index (χ1) is 8.65. The molecule has 0 aliphatic rings. The minimum Gasteiger partial charge on any atom is -0.416 e. The molecule has 1 heterocycles. The Morgan fingerprint density at radius 1 is 1.33 bits per heavy atom. The molecule has 0 saturated carbocycles. The van der Waals surface area contributed by atoms with E-state index in [2.05, 4.69) is 10.2 Å². The van der Waals surface area contributed by atoms with Gasteiger partial charge in [0.05, 0.1) is 0 Å². The van der Waals surface area contributed by atoms with Gasteiger partial charge in [-0.2, -0.15) is 0 Å². The van der Waals surface area contributed by atoms with Gasteiger partial charge in [-0.3, -0.25) is 4.79 Å². The number of carbonyl (C=O) groups is 1. The summed E-state index contributed by atoms with van der Waals surface area (Å²) in [6.07, 6.45) is 0.345. The molecular formula is C12H11FN2O2S. The zero-order valence-electron chi connectivity index (χ0n) is 9.72. The number of ketones is 1. The lowest BCUT2D eigenvalue weighted by atomic mass is 10.1. The van der Waals surface area contributed by atoms with Gasteiger partial charge in [-0.15, -0.1) is 10.2 Å². The van der Waals surface area contributed by atoms with Crippen molar-refractivity contribution in [2.75, 3.05) is 5.75 Å². The van der Waals surface area contributed by atoms with Gasteiger partial charge in [0.2, 0.25) is 5.89 Å². The highest BCUT2D eigenvalue weighted by Crippen LogP contribution is 2.17. The fourth-order valence-electron chi connectivity index (χ4n) is 1.35. The molecule has 0 spiro atoms. The number of nitrogens with zero attached hydrogens (tertiary/aromatic N) is 2. The van der Waals surface area contributed by atoms with Gasteiger partial charge in [0, 0.05) is 24.7 Å². The van der Waals surface area contributed by atoms with E-state index in [-0.39, 0.29) is 11.6 Å². The Morgan fingerprint density at radius 3 is 2.67 bits per heavy atom. The first kappa shape index (κ1) is 12.8. The van der Waals surface area contributed by atoms with Crippen LogP contribution in [0.15, 0.2) is 33.9 Å². The molecule has 1 aromatic carbocycles. The Balaban J connectivity index is 1.83. The van der Waals surface area contributed by atoms with E-state index in [9.17, 15) is 9.18 Å². The van der Waals surface area contributed by atoms with Gasteiger partial charge in [-0.1, -0.05) is 11.8 Å². The van der Waals surface area contributed by atoms with Crippen molar-refractivity contribution in [3.63, 3.8) is 0 Å². The van der Waals surface area contributed by atoms with Crippen LogP contribution in [0.3, 0.4) is 0 Å². The highest BCUT2D eigenvalue weighted by molar-refractivity contribution is 7.99. The van der Waals surface area contributed by atoms with Gasteiger partial charge < -0.3 is 4.42 Å². The van der Waals surface area contributed by atoms with Crippen LogP contribution < -0.4 is 0 Å². The third-order valence-corrected chi connectivity index (χ3v) is 3.05. The summed E-state index contributed by atoms with van der Waals surface area (Å²) in [6.45, 7) is 1.71. The highest BCUT2D eigenvalue weighted by atomic mass is 32.2. The average molecular weight is 266 g/mol. The zero-order valence-corrected chi connectivity index (χ0v) is 10.5. The molecule has 2 aromatic rings. The molecule has 4 nitrogen and oxygen atoms in total. The molecule has 0 amide bonds. The number of hydrogen-bond acceptors (Lipinski definition) is 5. The minimum atomic E-state index is -0.345. The van der Waals surface area contributed by atoms with Crippen LogP contribution in [0.1, 0.15) is 22.7 Å². The van der Waals surface area contributed by atoms with Crippen molar-refractivity contribution in [1.29, 1.82) is 0 Å². The number of hydrogen-bond donors (Lipinski definition) is 0. The van der Waals surface area contributed by atoms with E-state index >= 15 is 0 Å². The second-order valence-electron chi connectivity index (χ2n) is 3.62. The Labute approximate surface area is 108 Å². The molecule has 0 aliphatic carbocycles. The summed E-state index contributed by atoms with van der Waals surface area (Å²) >= 11 is 1.33. The van der Waals surface area contributed by atoms with E-state index in [1.54, 1.807) is 6.92 Å². The lowest BCUT2D eigenvalue weighted by Crippen LogP contribution is -2.00. The first-order valence-electron chi connectivity index (χ1n) is 5.37. The summed E-state index contributed by atoms with van der Waals surface area (Å²) in [7, 11) is 0.